The Hall–Kier alpha value is -0.450. The van der Waals surface area contributed by atoms with Crippen molar-refractivity contribution in [1.82, 2.24) is 4.90 Å². The van der Waals surface area contributed by atoms with Crippen molar-refractivity contribution in [1.29, 1.82) is 0 Å². The lowest BCUT2D eigenvalue weighted by Gasteiger charge is -2.16. The van der Waals surface area contributed by atoms with Gasteiger partial charge in [0.1, 0.15) is 0 Å². The number of aliphatic imine (C=N–C) groups is 1. The van der Waals surface area contributed by atoms with Crippen molar-refractivity contribution in [3.63, 3.8) is 0 Å². The molecule has 0 aromatic heterocycles. The number of nitrogens with zero attached hydrogens (tertiary/aromatic N) is 2. The molecule has 6 heteroatoms. The number of halogens is 3. The standard InChI is InChI=1S/C12H13Cl2N3.BrH/c13-8-1-2-9(15)12(14)11(8)7-5-10-16-3-4-17(10)6-7;/h1-2,7H,3-6,15H2;1H. The van der Waals surface area contributed by atoms with Crippen molar-refractivity contribution in [2.45, 2.75) is 12.3 Å². The van der Waals surface area contributed by atoms with Crippen LogP contribution in [0.3, 0.4) is 0 Å². The van der Waals surface area contributed by atoms with Crippen molar-refractivity contribution in [2.75, 3.05) is 25.4 Å². The van der Waals surface area contributed by atoms with Gasteiger partial charge in [-0.15, -0.1) is 17.0 Å². The largest absolute Gasteiger partial charge is 0.398 e. The van der Waals surface area contributed by atoms with Gasteiger partial charge in [0.2, 0.25) is 0 Å². The van der Waals surface area contributed by atoms with Gasteiger partial charge in [0.15, 0.2) is 0 Å². The molecule has 2 N–H and O–H groups in total. The lowest BCUT2D eigenvalue weighted by atomic mass is 9.97. The Labute approximate surface area is 127 Å². The number of nitrogen functional groups attached to an aromatic ring is 1. The Morgan fingerprint density at radius 2 is 2.11 bits per heavy atom. The minimum atomic E-state index is 0. The van der Waals surface area contributed by atoms with Crippen LogP contribution < -0.4 is 5.73 Å². The van der Waals surface area contributed by atoms with E-state index in [1.165, 1.54) is 5.84 Å². The van der Waals surface area contributed by atoms with E-state index in [-0.39, 0.29) is 17.0 Å². The zero-order valence-electron chi connectivity index (χ0n) is 9.70. The van der Waals surface area contributed by atoms with Crippen LogP contribution in [0.5, 0.6) is 0 Å². The van der Waals surface area contributed by atoms with Crippen LogP contribution in [-0.4, -0.2) is 30.4 Å². The van der Waals surface area contributed by atoms with Gasteiger partial charge in [0.05, 0.1) is 23.1 Å². The van der Waals surface area contributed by atoms with Gasteiger partial charge in [0, 0.05) is 30.5 Å². The summed E-state index contributed by atoms with van der Waals surface area (Å²) >= 11 is 12.5. The van der Waals surface area contributed by atoms with Crippen LogP contribution in [-0.2, 0) is 0 Å². The summed E-state index contributed by atoms with van der Waals surface area (Å²) in [7, 11) is 0. The first-order valence-corrected chi connectivity index (χ1v) is 6.44. The molecular weight excluding hydrogens is 337 g/mol. The molecule has 1 aromatic rings. The highest BCUT2D eigenvalue weighted by atomic mass is 79.9. The summed E-state index contributed by atoms with van der Waals surface area (Å²) in [6, 6.07) is 3.57. The topological polar surface area (TPSA) is 41.6 Å². The lowest BCUT2D eigenvalue weighted by Crippen LogP contribution is -2.21. The van der Waals surface area contributed by atoms with Crippen molar-refractivity contribution in [3.05, 3.63) is 27.7 Å². The third-order valence-electron chi connectivity index (χ3n) is 3.46. The van der Waals surface area contributed by atoms with Crippen LogP contribution in [0, 0.1) is 0 Å². The van der Waals surface area contributed by atoms with Gasteiger partial charge >= 0.3 is 0 Å². The summed E-state index contributed by atoms with van der Waals surface area (Å²) in [5, 5.41) is 1.31. The molecule has 18 heavy (non-hydrogen) atoms. The van der Waals surface area contributed by atoms with E-state index in [4.69, 9.17) is 28.9 Å². The van der Waals surface area contributed by atoms with E-state index in [0.29, 0.717) is 21.7 Å². The monoisotopic (exact) mass is 349 g/mol. The molecule has 3 rings (SSSR count). The summed E-state index contributed by atoms with van der Waals surface area (Å²) in [5.41, 5.74) is 7.41. The molecule has 1 fully saturated rings. The molecule has 0 radical (unpaired) electrons. The smallest absolute Gasteiger partial charge is 0.0997 e. The predicted octanol–water partition coefficient (Wildman–Crippen LogP) is 3.35. The maximum atomic E-state index is 6.27. The number of anilines is 1. The Bertz CT molecular complexity index is 504. The zero-order chi connectivity index (χ0) is 12.0. The second-order valence-corrected chi connectivity index (χ2v) is 5.29. The minimum absolute atomic E-state index is 0. The Kier molecular flexibility index (Phi) is 4.09. The van der Waals surface area contributed by atoms with Crippen LogP contribution in [0.4, 0.5) is 5.69 Å². The molecule has 98 valence electrons. The first-order valence-electron chi connectivity index (χ1n) is 5.68. The highest BCUT2D eigenvalue weighted by Gasteiger charge is 2.33. The van der Waals surface area contributed by atoms with Gasteiger partial charge in [-0.1, -0.05) is 23.2 Å². The molecule has 0 amide bonds. The normalized spacial score (nSPS) is 21.6. The molecular formula is C12H14BrCl2N3. The average molecular weight is 351 g/mol. The molecule has 1 atom stereocenters. The Morgan fingerprint density at radius 3 is 2.83 bits per heavy atom. The minimum Gasteiger partial charge on any atom is -0.398 e. The summed E-state index contributed by atoms with van der Waals surface area (Å²) in [6.07, 6.45) is 0.920. The molecule has 0 saturated carbocycles. The van der Waals surface area contributed by atoms with Gasteiger partial charge in [0.25, 0.3) is 0 Å². The molecule has 2 aliphatic heterocycles. The molecule has 0 bridgehead atoms. The quantitative estimate of drug-likeness (QED) is 0.789. The number of amidine groups is 1. The van der Waals surface area contributed by atoms with Crippen molar-refractivity contribution >= 4 is 51.7 Å². The maximum Gasteiger partial charge on any atom is 0.0997 e. The number of rotatable bonds is 1. The van der Waals surface area contributed by atoms with E-state index in [9.17, 15) is 0 Å². The Balaban J connectivity index is 0.00000120. The molecule has 0 aliphatic carbocycles. The van der Waals surface area contributed by atoms with E-state index in [1.54, 1.807) is 6.07 Å². The van der Waals surface area contributed by atoms with Gasteiger partial charge in [-0.2, -0.15) is 0 Å². The van der Waals surface area contributed by atoms with Crippen LogP contribution >= 0.6 is 40.2 Å². The van der Waals surface area contributed by atoms with Crippen molar-refractivity contribution < 1.29 is 0 Å². The maximum absolute atomic E-state index is 6.27. The van der Waals surface area contributed by atoms with Crippen LogP contribution in [0.2, 0.25) is 10.0 Å². The summed E-state index contributed by atoms with van der Waals surface area (Å²) in [5.74, 6) is 1.50. The SMILES string of the molecule is Br.Nc1ccc(Cl)c(C2CC3=NCCN3C2)c1Cl. The van der Waals surface area contributed by atoms with Gasteiger partial charge in [-0.05, 0) is 17.7 Å². The highest BCUT2D eigenvalue weighted by molar-refractivity contribution is 8.93. The molecule has 2 aliphatic rings. The third-order valence-corrected chi connectivity index (χ3v) is 4.22. The fraction of sp³-hybridized carbons (Fsp3) is 0.417. The summed E-state index contributed by atoms with van der Waals surface area (Å²) in [6.45, 7) is 2.88. The fourth-order valence-electron chi connectivity index (χ4n) is 2.62. The summed E-state index contributed by atoms with van der Waals surface area (Å²) < 4.78 is 0. The van der Waals surface area contributed by atoms with Gasteiger partial charge in [-0.3, -0.25) is 4.99 Å². The average Bonchev–Trinajstić information content (AvgIpc) is 2.84. The first-order chi connectivity index (χ1) is 8.16. The van der Waals surface area contributed by atoms with Crippen LogP contribution in [0.25, 0.3) is 0 Å². The van der Waals surface area contributed by atoms with E-state index in [1.807, 2.05) is 6.07 Å². The van der Waals surface area contributed by atoms with Gasteiger partial charge in [-0.25, -0.2) is 0 Å². The molecule has 1 saturated heterocycles. The number of nitrogens with two attached hydrogens (primary N) is 1. The number of hydrogen-bond donors (Lipinski definition) is 1. The number of fused-ring (bicyclic) bond motifs is 1. The Morgan fingerprint density at radius 1 is 1.33 bits per heavy atom. The van der Waals surface area contributed by atoms with E-state index in [2.05, 4.69) is 9.89 Å². The third kappa shape index (κ3) is 2.22. The first kappa shape index (κ1) is 14.0. The number of benzene rings is 1. The van der Waals surface area contributed by atoms with E-state index in [0.717, 1.165) is 31.6 Å². The second-order valence-electron chi connectivity index (χ2n) is 4.51. The molecule has 2 heterocycles. The van der Waals surface area contributed by atoms with Crippen molar-refractivity contribution in [3.8, 4) is 0 Å². The predicted molar refractivity (Wildman–Crippen MR) is 82.4 cm³/mol. The molecule has 0 spiro atoms. The van der Waals surface area contributed by atoms with E-state index < -0.39 is 0 Å². The van der Waals surface area contributed by atoms with Crippen LogP contribution in [0.1, 0.15) is 17.9 Å². The molecule has 3 nitrogen and oxygen atoms in total. The molecule has 1 aromatic carbocycles. The second kappa shape index (κ2) is 5.27. The number of hydrogen-bond acceptors (Lipinski definition) is 3. The highest BCUT2D eigenvalue weighted by Crippen LogP contribution is 2.40. The van der Waals surface area contributed by atoms with E-state index >= 15 is 0 Å². The van der Waals surface area contributed by atoms with Crippen molar-refractivity contribution in [2.24, 2.45) is 4.99 Å². The molecule has 1 unspecified atom stereocenters. The fourth-order valence-corrected chi connectivity index (χ4v) is 3.30. The van der Waals surface area contributed by atoms with Crippen LogP contribution in [0.15, 0.2) is 17.1 Å². The van der Waals surface area contributed by atoms with Gasteiger partial charge < -0.3 is 10.6 Å². The zero-order valence-corrected chi connectivity index (χ0v) is 12.9. The summed E-state index contributed by atoms with van der Waals surface area (Å²) in [4.78, 5) is 6.79. The lowest BCUT2D eigenvalue weighted by molar-refractivity contribution is 0.469.